The highest BCUT2D eigenvalue weighted by Crippen LogP contribution is 2.53. The van der Waals surface area contributed by atoms with Crippen molar-refractivity contribution in [2.24, 2.45) is 0 Å². The van der Waals surface area contributed by atoms with Crippen molar-refractivity contribution in [3.8, 4) is 16.9 Å². The molecule has 1 aliphatic heterocycles. The minimum Gasteiger partial charge on any atom is -0.497 e. The lowest BCUT2D eigenvalue weighted by Crippen LogP contribution is -2.17. The molecule has 3 aromatic carbocycles. The number of methoxy groups -OCH3 is 1. The molecule has 3 nitrogen and oxygen atoms in total. The van der Waals surface area contributed by atoms with Gasteiger partial charge in [-0.1, -0.05) is 54.2 Å². The maximum atomic E-state index is 5.52. The third kappa shape index (κ3) is 2.91. The number of benzene rings is 3. The second kappa shape index (κ2) is 7.25. The highest BCUT2D eigenvalue weighted by Gasteiger charge is 2.28. The number of para-hydroxylation sites is 2. The molecular formula is C27H20N2OS. The summed E-state index contributed by atoms with van der Waals surface area (Å²) in [5, 5.41) is 0. The first-order valence-electron chi connectivity index (χ1n) is 10.2. The van der Waals surface area contributed by atoms with Crippen LogP contribution in [0.15, 0.2) is 113 Å². The lowest BCUT2D eigenvalue weighted by molar-refractivity contribution is 0.415. The number of rotatable bonds is 3. The zero-order valence-electron chi connectivity index (χ0n) is 17.0. The first kappa shape index (κ1) is 18.2. The number of hydrogen-bond acceptors (Lipinski definition) is 3. The van der Waals surface area contributed by atoms with Gasteiger partial charge < -0.3 is 9.14 Å². The Bertz CT molecular complexity index is 1380. The van der Waals surface area contributed by atoms with Crippen LogP contribution < -0.4 is 9.64 Å². The van der Waals surface area contributed by atoms with E-state index in [4.69, 9.17) is 4.74 Å². The Kier molecular flexibility index (Phi) is 4.25. The second-order valence-electron chi connectivity index (χ2n) is 7.48. The molecular weight excluding hydrogens is 400 g/mol. The van der Waals surface area contributed by atoms with Crippen molar-refractivity contribution < 1.29 is 4.74 Å². The number of nitrogens with zero attached hydrogens (tertiary/aromatic N) is 2. The van der Waals surface area contributed by atoms with Crippen LogP contribution in [-0.4, -0.2) is 11.5 Å². The highest BCUT2D eigenvalue weighted by molar-refractivity contribution is 7.99. The van der Waals surface area contributed by atoms with Crippen LogP contribution >= 0.6 is 11.8 Å². The number of anilines is 3. The summed E-state index contributed by atoms with van der Waals surface area (Å²) in [6, 6.07) is 34.1. The summed E-state index contributed by atoms with van der Waals surface area (Å²) in [6.07, 6.45) is 2.14. The molecule has 4 heteroatoms. The van der Waals surface area contributed by atoms with Gasteiger partial charge in [0.05, 0.1) is 18.5 Å². The second-order valence-corrected chi connectivity index (χ2v) is 8.57. The summed E-state index contributed by atoms with van der Waals surface area (Å²) >= 11 is 1.83. The molecule has 0 atom stereocenters. The lowest BCUT2D eigenvalue weighted by Gasteiger charge is -2.33. The molecule has 0 saturated heterocycles. The molecule has 0 spiro atoms. The van der Waals surface area contributed by atoms with E-state index >= 15 is 0 Å². The van der Waals surface area contributed by atoms with Crippen molar-refractivity contribution in [3.63, 3.8) is 0 Å². The molecule has 6 rings (SSSR count). The molecule has 0 aliphatic carbocycles. The van der Waals surface area contributed by atoms with Gasteiger partial charge in [0.1, 0.15) is 11.6 Å². The van der Waals surface area contributed by atoms with Crippen LogP contribution in [0.3, 0.4) is 0 Å². The van der Waals surface area contributed by atoms with Crippen LogP contribution in [0.1, 0.15) is 0 Å². The Morgan fingerprint density at radius 3 is 2.16 bits per heavy atom. The van der Waals surface area contributed by atoms with Crippen LogP contribution in [0, 0.1) is 0 Å². The number of aromatic nitrogens is 1. The standard InChI is InChI=1S/C27H20N2OS/c1-30-21-11-8-9-19(17-21)22-18-20-10-6-7-16-28(20)27(22)29-23-12-2-4-14-25(23)31-26-15-5-3-13-24(26)29/h2-18H,1H3. The molecule has 0 unspecified atom stereocenters. The topological polar surface area (TPSA) is 16.9 Å². The maximum Gasteiger partial charge on any atom is 0.130 e. The molecule has 31 heavy (non-hydrogen) atoms. The summed E-state index contributed by atoms with van der Waals surface area (Å²) in [6.45, 7) is 0. The lowest BCUT2D eigenvalue weighted by atomic mass is 10.1. The summed E-state index contributed by atoms with van der Waals surface area (Å²) in [4.78, 5) is 4.90. The van der Waals surface area contributed by atoms with Crippen LogP contribution in [0.25, 0.3) is 16.6 Å². The SMILES string of the molecule is COc1cccc(-c2cc3ccccn3c2N2c3ccccc3Sc3ccccc32)c1. The van der Waals surface area contributed by atoms with Crippen LogP contribution in [0.4, 0.5) is 17.2 Å². The molecule has 0 radical (unpaired) electrons. The van der Waals surface area contributed by atoms with Crippen molar-refractivity contribution in [1.29, 1.82) is 0 Å². The van der Waals surface area contributed by atoms with Crippen molar-refractivity contribution in [2.45, 2.75) is 9.79 Å². The third-order valence-electron chi connectivity index (χ3n) is 5.68. The van der Waals surface area contributed by atoms with E-state index in [1.54, 1.807) is 7.11 Å². The zero-order chi connectivity index (χ0) is 20.8. The van der Waals surface area contributed by atoms with E-state index in [0.717, 1.165) is 22.6 Å². The zero-order valence-corrected chi connectivity index (χ0v) is 17.8. The van der Waals surface area contributed by atoms with E-state index < -0.39 is 0 Å². The molecule has 5 aromatic rings. The number of fused-ring (bicyclic) bond motifs is 3. The Balaban J connectivity index is 1.69. The average molecular weight is 421 g/mol. The summed E-state index contributed by atoms with van der Waals surface area (Å²) in [7, 11) is 1.71. The predicted molar refractivity (Wildman–Crippen MR) is 128 cm³/mol. The summed E-state index contributed by atoms with van der Waals surface area (Å²) < 4.78 is 7.80. The molecule has 0 saturated carbocycles. The Morgan fingerprint density at radius 2 is 1.42 bits per heavy atom. The van der Waals surface area contributed by atoms with Gasteiger partial charge in [0, 0.05) is 27.1 Å². The van der Waals surface area contributed by atoms with Crippen LogP contribution in [0.5, 0.6) is 5.75 Å². The number of pyridine rings is 1. The van der Waals surface area contributed by atoms with Gasteiger partial charge in [0.25, 0.3) is 0 Å². The fourth-order valence-electron chi connectivity index (χ4n) is 4.27. The normalized spacial score (nSPS) is 12.5. The van der Waals surface area contributed by atoms with Gasteiger partial charge >= 0.3 is 0 Å². The van der Waals surface area contributed by atoms with E-state index in [1.807, 2.05) is 23.9 Å². The molecule has 150 valence electrons. The van der Waals surface area contributed by atoms with Gasteiger partial charge in [-0.15, -0.1) is 0 Å². The minimum atomic E-state index is 0.855. The van der Waals surface area contributed by atoms with Gasteiger partial charge in [-0.05, 0) is 60.2 Å². The number of hydrogen-bond donors (Lipinski definition) is 0. The highest BCUT2D eigenvalue weighted by atomic mass is 32.2. The van der Waals surface area contributed by atoms with Gasteiger partial charge in [-0.25, -0.2) is 0 Å². The van der Waals surface area contributed by atoms with Gasteiger partial charge in [-0.3, -0.25) is 4.90 Å². The Labute approximate surface area is 185 Å². The molecule has 0 fully saturated rings. The monoisotopic (exact) mass is 420 g/mol. The molecule has 0 bridgehead atoms. The molecule has 0 N–H and O–H groups in total. The predicted octanol–water partition coefficient (Wildman–Crippen LogP) is 7.55. The quantitative estimate of drug-likeness (QED) is 0.294. The summed E-state index contributed by atoms with van der Waals surface area (Å²) in [5.41, 5.74) is 5.84. The van der Waals surface area contributed by atoms with Crippen molar-refractivity contribution >= 4 is 34.5 Å². The smallest absolute Gasteiger partial charge is 0.130 e. The van der Waals surface area contributed by atoms with Gasteiger partial charge in [0.15, 0.2) is 0 Å². The van der Waals surface area contributed by atoms with Gasteiger partial charge in [-0.2, -0.15) is 0 Å². The van der Waals surface area contributed by atoms with E-state index in [-0.39, 0.29) is 0 Å². The minimum absolute atomic E-state index is 0.855. The van der Waals surface area contributed by atoms with Crippen molar-refractivity contribution in [2.75, 3.05) is 12.0 Å². The van der Waals surface area contributed by atoms with Crippen LogP contribution in [-0.2, 0) is 0 Å². The third-order valence-corrected chi connectivity index (χ3v) is 6.81. The molecule has 2 aromatic heterocycles. The molecule has 0 amide bonds. The van der Waals surface area contributed by atoms with Crippen LogP contribution in [0.2, 0.25) is 0 Å². The Hall–Kier alpha value is -3.63. The number of ether oxygens (including phenoxy) is 1. The van der Waals surface area contributed by atoms with E-state index in [1.165, 1.54) is 26.7 Å². The van der Waals surface area contributed by atoms with E-state index in [2.05, 4.69) is 100 Å². The first-order chi connectivity index (χ1) is 15.3. The molecule has 3 heterocycles. The maximum absolute atomic E-state index is 5.52. The van der Waals surface area contributed by atoms with Crippen molar-refractivity contribution in [1.82, 2.24) is 4.40 Å². The van der Waals surface area contributed by atoms with E-state index in [9.17, 15) is 0 Å². The average Bonchev–Trinajstić information content (AvgIpc) is 3.22. The van der Waals surface area contributed by atoms with Gasteiger partial charge in [0.2, 0.25) is 0 Å². The molecule has 1 aliphatic rings. The van der Waals surface area contributed by atoms with Crippen molar-refractivity contribution in [3.05, 3.63) is 103 Å². The summed E-state index contributed by atoms with van der Waals surface area (Å²) in [5.74, 6) is 1.98. The largest absolute Gasteiger partial charge is 0.497 e. The first-order valence-corrected chi connectivity index (χ1v) is 11.1. The van der Waals surface area contributed by atoms with E-state index in [0.29, 0.717) is 0 Å². The fraction of sp³-hybridized carbons (Fsp3) is 0.0370. The Morgan fingerprint density at radius 1 is 0.710 bits per heavy atom. The fourth-order valence-corrected chi connectivity index (χ4v) is 5.33.